The predicted octanol–water partition coefficient (Wildman–Crippen LogP) is 5.25. The summed E-state index contributed by atoms with van der Waals surface area (Å²) in [6, 6.07) is 10.4. The number of allylic oxidation sites excluding steroid dienone is 1. The van der Waals surface area contributed by atoms with Gasteiger partial charge in [-0.05, 0) is 44.1 Å². The SMILES string of the molecule is COP(=O)(OC)[C@]1(O)[C@@H]2CCC[C@H]1C1=C(CCCC1)[C@H]2c1ccccc1. The van der Waals surface area contributed by atoms with E-state index in [1.54, 1.807) is 0 Å². The van der Waals surface area contributed by atoms with E-state index in [2.05, 4.69) is 24.3 Å². The first-order valence-corrected chi connectivity index (χ1v) is 11.3. The Morgan fingerprint density at radius 3 is 2.31 bits per heavy atom. The van der Waals surface area contributed by atoms with Gasteiger partial charge in [0.1, 0.15) is 0 Å². The molecule has 0 amide bonds. The van der Waals surface area contributed by atoms with Crippen LogP contribution in [0.3, 0.4) is 0 Å². The van der Waals surface area contributed by atoms with Crippen molar-refractivity contribution in [3.8, 4) is 0 Å². The van der Waals surface area contributed by atoms with E-state index in [4.69, 9.17) is 9.05 Å². The molecule has 5 heteroatoms. The van der Waals surface area contributed by atoms with Gasteiger partial charge in [0.25, 0.3) is 0 Å². The number of rotatable bonds is 4. The van der Waals surface area contributed by atoms with Crippen LogP contribution in [0.4, 0.5) is 0 Å². The first-order valence-electron chi connectivity index (χ1n) is 9.77. The minimum Gasteiger partial charge on any atom is -0.377 e. The lowest BCUT2D eigenvalue weighted by Crippen LogP contribution is -2.54. The molecule has 4 nitrogen and oxygen atoms in total. The average molecular weight is 376 g/mol. The fourth-order valence-electron chi connectivity index (χ4n) is 5.87. The van der Waals surface area contributed by atoms with Gasteiger partial charge >= 0.3 is 7.60 Å². The van der Waals surface area contributed by atoms with Gasteiger partial charge in [0.15, 0.2) is 5.34 Å². The zero-order valence-electron chi connectivity index (χ0n) is 15.7. The largest absolute Gasteiger partial charge is 0.377 e. The molecule has 4 atom stereocenters. The molecule has 1 saturated carbocycles. The summed E-state index contributed by atoms with van der Waals surface area (Å²) in [5.74, 6) is -0.139. The van der Waals surface area contributed by atoms with E-state index in [-0.39, 0.29) is 17.8 Å². The van der Waals surface area contributed by atoms with Crippen molar-refractivity contribution in [1.82, 2.24) is 0 Å². The van der Waals surface area contributed by atoms with E-state index in [1.807, 2.05) is 6.07 Å². The molecule has 0 saturated heterocycles. The molecule has 0 spiro atoms. The summed E-state index contributed by atoms with van der Waals surface area (Å²) in [5.41, 5.74) is 4.03. The molecule has 1 fully saturated rings. The predicted molar refractivity (Wildman–Crippen MR) is 102 cm³/mol. The maximum absolute atomic E-state index is 13.6. The number of fused-ring (bicyclic) bond motifs is 3. The molecular weight excluding hydrogens is 347 g/mol. The zero-order chi connectivity index (χ0) is 18.4. The second-order valence-corrected chi connectivity index (χ2v) is 10.3. The number of hydrogen-bond acceptors (Lipinski definition) is 4. The number of hydrogen-bond donors (Lipinski definition) is 1. The van der Waals surface area contributed by atoms with Crippen molar-refractivity contribution in [2.45, 2.75) is 56.2 Å². The summed E-state index contributed by atoms with van der Waals surface area (Å²) >= 11 is 0. The molecule has 0 heterocycles. The molecule has 3 aliphatic rings. The standard InChI is InChI=1S/C21H29O4P/c1-24-26(23,25-2)21(22)18-13-8-14-19(21)20(15-9-4-3-5-10-15)17-12-7-6-11-16(17)18/h3-5,9-10,18-20,22H,6-8,11-14H2,1-2H3/t18-,19+,20+,21-/m0/s1. The Morgan fingerprint density at radius 1 is 1.00 bits per heavy atom. The van der Waals surface area contributed by atoms with E-state index in [1.165, 1.54) is 37.4 Å². The summed E-state index contributed by atoms with van der Waals surface area (Å²) in [6.07, 6.45) is 7.18. The molecule has 4 rings (SSSR count). The van der Waals surface area contributed by atoms with Gasteiger partial charge in [-0.3, -0.25) is 4.57 Å². The minimum atomic E-state index is -3.65. The van der Waals surface area contributed by atoms with Crippen LogP contribution in [-0.2, 0) is 13.6 Å². The van der Waals surface area contributed by atoms with Crippen molar-refractivity contribution in [3.63, 3.8) is 0 Å². The van der Waals surface area contributed by atoms with E-state index < -0.39 is 12.9 Å². The Kier molecular flexibility index (Phi) is 4.90. The van der Waals surface area contributed by atoms with Crippen LogP contribution < -0.4 is 0 Å². The van der Waals surface area contributed by atoms with E-state index in [0.29, 0.717) is 0 Å². The van der Waals surface area contributed by atoms with Crippen molar-refractivity contribution in [3.05, 3.63) is 47.0 Å². The van der Waals surface area contributed by atoms with Gasteiger partial charge < -0.3 is 14.2 Å². The van der Waals surface area contributed by atoms with Gasteiger partial charge in [-0.15, -0.1) is 0 Å². The van der Waals surface area contributed by atoms with Gasteiger partial charge in [0.05, 0.1) is 0 Å². The van der Waals surface area contributed by atoms with Crippen LogP contribution in [-0.4, -0.2) is 24.7 Å². The van der Waals surface area contributed by atoms with Crippen LogP contribution in [0.15, 0.2) is 41.5 Å². The first-order chi connectivity index (χ1) is 12.6. The van der Waals surface area contributed by atoms with Gasteiger partial charge in [0.2, 0.25) is 0 Å². The number of aliphatic hydroxyl groups is 1. The quantitative estimate of drug-likeness (QED) is 0.576. The second kappa shape index (κ2) is 6.91. The highest BCUT2D eigenvalue weighted by atomic mass is 31.2. The smallest absolute Gasteiger partial charge is 0.362 e. The Bertz CT molecular complexity index is 736. The maximum Gasteiger partial charge on any atom is 0.362 e. The molecule has 1 N–H and O–H groups in total. The van der Waals surface area contributed by atoms with Crippen molar-refractivity contribution >= 4 is 7.60 Å². The molecule has 3 aliphatic carbocycles. The third kappa shape index (κ3) is 2.50. The van der Waals surface area contributed by atoms with E-state index in [9.17, 15) is 9.67 Å². The van der Waals surface area contributed by atoms with Crippen molar-refractivity contribution < 1.29 is 18.7 Å². The highest BCUT2D eigenvalue weighted by molar-refractivity contribution is 7.55. The number of benzene rings is 1. The first kappa shape index (κ1) is 18.4. The molecular formula is C21H29O4P. The fourth-order valence-corrected chi connectivity index (χ4v) is 7.96. The summed E-state index contributed by atoms with van der Waals surface area (Å²) in [4.78, 5) is 0. The molecule has 1 aromatic carbocycles. The fraction of sp³-hybridized carbons (Fsp3) is 0.619. The van der Waals surface area contributed by atoms with Gasteiger partial charge in [-0.2, -0.15) is 0 Å². The average Bonchev–Trinajstić information content (AvgIpc) is 2.68. The Labute approximate surface area is 156 Å². The summed E-state index contributed by atoms with van der Waals surface area (Å²) in [5, 5.41) is 10.6. The highest BCUT2D eigenvalue weighted by Gasteiger charge is 2.65. The lowest BCUT2D eigenvalue weighted by molar-refractivity contribution is -0.0529. The zero-order valence-corrected chi connectivity index (χ0v) is 16.6. The van der Waals surface area contributed by atoms with E-state index >= 15 is 0 Å². The molecule has 0 radical (unpaired) electrons. The van der Waals surface area contributed by atoms with Gasteiger partial charge in [0, 0.05) is 32.0 Å². The normalized spacial score (nSPS) is 34.5. The molecule has 2 bridgehead atoms. The molecule has 0 unspecified atom stereocenters. The van der Waals surface area contributed by atoms with Crippen molar-refractivity contribution in [1.29, 1.82) is 0 Å². The van der Waals surface area contributed by atoms with Crippen LogP contribution in [0, 0.1) is 11.8 Å². The Morgan fingerprint density at radius 2 is 1.65 bits per heavy atom. The van der Waals surface area contributed by atoms with Crippen molar-refractivity contribution in [2.24, 2.45) is 11.8 Å². The summed E-state index contributed by atoms with van der Waals surface area (Å²) in [6.45, 7) is 0. The van der Waals surface area contributed by atoms with Crippen LogP contribution in [0.2, 0.25) is 0 Å². The molecule has 26 heavy (non-hydrogen) atoms. The van der Waals surface area contributed by atoms with Crippen LogP contribution >= 0.6 is 7.60 Å². The summed E-state index contributed by atoms with van der Waals surface area (Å²) < 4.78 is 24.4. The molecule has 1 aromatic rings. The van der Waals surface area contributed by atoms with Crippen LogP contribution in [0.5, 0.6) is 0 Å². The molecule has 0 aromatic heterocycles. The second-order valence-electron chi connectivity index (χ2n) is 7.88. The lowest BCUT2D eigenvalue weighted by atomic mass is 9.57. The van der Waals surface area contributed by atoms with Gasteiger partial charge in [-0.1, -0.05) is 47.9 Å². The molecule has 0 aliphatic heterocycles. The Balaban J connectivity index is 1.94. The monoisotopic (exact) mass is 376 g/mol. The summed E-state index contributed by atoms with van der Waals surface area (Å²) in [7, 11) is -0.840. The van der Waals surface area contributed by atoms with Crippen LogP contribution in [0.25, 0.3) is 0 Å². The van der Waals surface area contributed by atoms with E-state index in [0.717, 1.165) is 38.5 Å². The van der Waals surface area contributed by atoms with Crippen molar-refractivity contribution in [2.75, 3.05) is 14.2 Å². The lowest BCUT2D eigenvalue weighted by Gasteiger charge is -2.56. The maximum atomic E-state index is 13.6. The third-order valence-electron chi connectivity index (χ3n) is 6.90. The van der Waals surface area contributed by atoms with Crippen LogP contribution in [0.1, 0.15) is 56.4 Å². The Hall–Kier alpha value is -0.930. The topological polar surface area (TPSA) is 55.8 Å². The third-order valence-corrected chi connectivity index (χ3v) is 9.38. The highest BCUT2D eigenvalue weighted by Crippen LogP contribution is 2.73. The minimum absolute atomic E-state index is 0.103. The molecule has 142 valence electrons. The van der Waals surface area contributed by atoms with Gasteiger partial charge in [-0.25, -0.2) is 0 Å².